The molecule has 1 aromatic heterocycles. The van der Waals surface area contributed by atoms with E-state index in [2.05, 4.69) is 34.7 Å². The van der Waals surface area contributed by atoms with Crippen LogP contribution < -0.4 is 10.6 Å². The standard InChI is InChI=1S/C32H45ClN4O4/c1-3-22-7-4-8-25(19-22)28-27(14-17-35-29(28)33)32(41,15-6-16-36-31(39)40)26-9-5-18-37(21-26)30(38)24-12-10-23(11-13-24)20-34-2/h4,7-8,14,17,19,23-24,26,34,36,41H,3,5-6,9-13,15-16,18,20-21H2,1-2H3,(H,39,40). The SMILES string of the molecule is CCc1cccc(-c2c(C(O)(CCCNC(=O)O)C3CCCN(C(=O)C4CCC(CNC)CC4)C3)ccnc2Cl)c1. The molecular formula is C32H45ClN4O4. The molecule has 2 unspecified atom stereocenters. The average Bonchev–Trinajstić information content (AvgIpc) is 2.99. The Balaban J connectivity index is 1.63. The molecule has 1 aliphatic heterocycles. The number of carbonyl (C=O) groups is 2. The van der Waals surface area contributed by atoms with Crippen molar-refractivity contribution < 1.29 is 19.8 Å². The van der Waals surface area contributed by atoms with Gasteiger partial charge in [-0.3, -0.25) is 4.79 Å². The third kappa shape index (κ3) is 7.59. The van der Waals surface area contributed by atoms with Crippen molar-refractivity contribution in [3.8, 4) is 11.1 Å². The second-order valence-corrected chi connectivity index (χ2v) is 12.1. The summed E-state index contributed by atoms with van der Waals surface area (Å²) in [5.74, 6) is 0.648. The molecule has 1 saturated carbocycles. The van der Waals surface area contributed by atoms with E-state index in [1.54, 1.807) is 6.20 Å². The lowest BCUT2D eigenvalue weighted by atomic mass is 9.72. The summed E-state index contributed by atoms with van der Waals surface area (Å²) >= 11 is 6.74. The number of likely N-dealkylation sites (tertiary alicyclic amines) is 1. The Labute approximate surface area is 248 Å². The van der Waals surface area contributed by atoms with Gasteiger partial charge in [-0.2, -0.15) is 0 Å². The normalized spacial score (nSPS) is 22.6. The van der Waals surface area contributed by atoms with Gasteiger partial charge in [0.2, 0.25) is 5.91 Å². The first-order chi connectivity index (χ1) is 19.8. The number of nitrogens with one attached hydrogen (secondary N) is 2. The maximum Gasteiger partial charge on any atom is 0.404 e. The van der Waals surface area contributed by atoms with Crippen molar-refractivity contribution in [1.29, 1.82) is 0 Å². The van der Waals surface area contributed by atoms with Crippen LogP contribution in [0, 0.1) is 17.8 Å². The van der Waals surface area contributed by atoms with Gasteiger partial charge in [-0.25, -0.2) is 9.78 Å². The summed E-state index contributed by atoms with van der Waals surface area (Å²) in [4.78, 5) is 31.2. The number of pyridine rings is 1. The number of aromatic nitrogens is 1. The van der Waals surface area contributed by atoms with Gasteiger partial charge < -0.3 is 25.7 Å². The number of aliphatic hydroxyl groups is 1. The molecule has 9 heteroatoms. The second-order valence-electron chi connectivity index (χ2n) is 11.7. The number of hydrogen-bond donors (Lipinski definition) is 4. The highest BCUT2D eigenvalue weighted by atomic mass is 35.5. The minimum Gasteiger partial charge on any atom is -0.465 e. The van der Waals surface area contributed by atoms with Crippen molar-refractivity contribution in [3.63, 3.8) is 0 Å². The maximum absolute atomic E-state index is 13.7. The molecule has 2 atom stereocenters. The lowest BCUT2D eigenvalue weighted by Gasteiger charge is -2.44. The van der Waals surface area contributed by atoms with Gasteiger partial charge in [0.1, 0.15) is 5.15 Å². The summed E-state index contributed by atoms with van der Waals surface area (Å²) in [6.07, 6.45) is 7.68. The number of amides is 2. The molecule has 2 aliphatic rings. The van der Waals surface area contributed by atoms with Crippen LogP contribution >= 0.6 is 11.6 Å². The van der Waals surface area contributed by atoms with Gasteiger partial charge in [-0.15, -0.1) is 0 Å². The predicted molar refractivity (Wildman–Crippen MR) is 162 cm³/mol. The summed E-state index contributed by atoms with van der Waals surface area (Å²) in [7, 11) is 1.98. The van der Waals surface area contributed by atoms with Crippen molar-refractivity contribution in [2.75, 3.05) is 33.2 Å². The average molecular weight is 585 g/mol. The summed E-state index contributed by atoms with van der Waals surface area (Å²) in [6.45, 7) is 4.48. The Kier molecular flexibility index (Phi) is 11.0. The molecule has 4 rings (SSSR count). The lowest BCUT2D eigenvalue weighted by molar-refractivity contribution is -0.142. The molecule has 2 amide bonds. The first kappa shape index (κ1) is 31.3. The molecule has 1 aromatic carbocycles. The molecule has 224 valence electrons. The fourth-order valence-corrected chi connectivity index (χ4v) is 7.13. The number of carboxylic acid groups (broad SMARTS) is 1. The highest BCUT2D eigenvalue weighted by Crippen LogP contribution is 2.45. The largest absolute Gasteiger partial charge is 0.465 e. The number of hydrogen-bond acceptors (Lipinski definition) is 5. The van der Waals surface area contributed by atoms with Crippen molar-refractivity contribution in [1.82, 2.24) is 20.5 Å². The van der Waals surface area contributed by atoms with Crippen molar-refractivity contribution >= 4 is 23.6 Å². The van der Waals surface area contributed by atoms with Crippen molar-refractivity contribution in [2.24, 2.45) is 17.8 Å². The zero-order valence-electron chi connectivity index (χ0n) is 24.4. The molecule has 0 radical (unpaired) electrons. The summed E-state index contributed by atoms with van der Waals surface area (Å²) in [6, 6.07) is 9.96. The van der Waals surface area contributed by atoms with Gasteiger partial charge in [0.05, 0.1) is 5.60 Å². The summed E-state index contributed by atoms with van der Waals surface area (Å²) in [5, 5.41) is 27.8. The topological polar surface area (TPSA) is 115 Å². The minimum absolute atomic E-state index is 0.0393. The quantitative estimate of drug-likeness (QED) is 0.206. The zero-order chi connectivity index (χ0) is 29.4. The fourth-order valence-electron chi connectivity index (χ4n) is 6.86. The molecule has 2 fully saturated rings. The van der Waals surface area contributed by atoms with E-state index in [1.807, 2.05) is 30.1 Å². The Morgan fingerprint density at radius 1 is 1.17 bits per heavy atom. The first-order valence-electron chi connectivity index (χ1n) is 15.1. The molecular weight excluding hydrogens is 540 g/mol. The Morgan fingerprint density at radius 2 is 1.95 bits per heavy atom. The summed E-state index contributed by atoms with van der Waals surface area (Å²) in [5.41, 5.74) is 2.11. The molecule has 2 aromatic rings. The van der Waals surface area contributed by atoms with Crippen molar-refractivity contribution in [3.05, 3.63) is 52.8 Å². The van der Waals surface area contributed by atoms with E-state index < -0.39 is 11.7 Å². The van der Waals surface area contributed by atoms with E-state index in [0.29, 0.717) is 48.1 Å². The second kappa shape index (κ2) is 14.5. The van der Waals surface area contributed by atoms with Crippen LogP contribution in [-0.2, 0) is 16.8 Å². The van der Waals surface area contributed by atoms with Crippen LogP contribution in [0.5, 0.6) is 0 Å². The number of benzene rings is 1. The highest BCUT2D eigenvalue weighted by molar-refractivity contribution is 6.32. The predicted octanol–water partition coefficient (Wildman–Crippen LogP) is 5.46. The summed E-state index contributed by atoms with van der Waals surface area (Å²) < 4.78 is 0. The molecule has 41 heavy (non-hydrogen) atoms. The lowest BCUT2D eigenvalue weighted by Crippen LogP contribution is -2.50. The highest BCUT2D eigenvalue weighted by Gasteiger charge is 2.44. The van der Waals surface area contributed by atoms with Crippen LogP contribution in [0.3, 0.4) is 0 Å². The van der Waals surface area contributed by atoms with Gasteiger partial charge in [-0.05, 0) is 100 Å². The number of rotatable bonds is 11. The van der Waals surface area contributed by atoms with Crippen LogP contribution in [0.4, 0.5) is 4.79 Å². The smallest absolute Gasteiger partial charge is 0.404 e. The van der Waals surface area contributed by atoms with E-state index in [4.69, 9.17) is 16.7 Å². The van der Waals surface area contributed by atoms with Crippen LogP contribution in [0.25, 0.3) is 11.1 Å². The zero-order valence-corrected chi connectivity index (χ0v) is 25.1. The number of carbonyl (C=O) groups excluding carboxylic acids is 1. The third-order valence-corrected chi connectivity index (χ3v) is 9.39. The van der Waals surface area contributed by atoms with Crippen LogP contribution in [0.2, 0.25) is 5.15 Å². The van der Waals surface area contributed by atoms with Gasteiger partial charge in [0.15, 0.2) is 0 Å². The molecule has 0 bridgehead atoms. The molecule has 2 heterocycles. The molecule has 1 saturated heterocycles. The molecule has 1 aliphatic carbocycles. The monoisotopic (exact) mass is 584 g/mol. The van der Waals surface area contributed by atoms with Gasteiger partial charge in [0, 0.05) is 43.2 Å². The minimum atomic E-state index is -1.33. The van der Waals surface area contributed by atoms with Gasteiger partial charge >= 0.3 is 6.09 Å². The van der Waals surface area contributed by atoms with E-state index in [1.165, 1.54) is 0 Å². The van der Waals surface area contributed by atoms with Crippen molar-refractivity contribution in [2.45, 2.75) is 70.3 Å². The van der Waals surface area contributed by atoms with Crippen LogP contribution in [-0.4, -0.2) is 65.3 Å². The molecule has 0 spiro atoms. The van der Waals surface area contributed by atoms with E-state index in [-0.39, 0.29) is 24.3 Å². The Hall–Kier alpha value is -2.68. The van der Waals surface area contributed by atoms with E-state index in [0.717, 1.165) is 62.6 Å². The molecule has 4 N–H and O–H groups in total. The number of piperidine rings is 1. The Bertz CT molecular complexity index is 1190. The fraction of sp³-hybridized carbons (Fsp3) is 0.594. The number of nitrogens with zero attached hydrogens (tertiary/aromatic N) is 2. The number of halogens is 1. The third-order valence-electron chi connectivity index (χ3n) is 9.10. The maximum atomic E-state index is 13.7. The van der Waals surface area contributed by atoms with Gasteiger partial charge in [-0.1, -0.05) is 42.8 Å². The Morgan fingerprint density at radius 3 is 2.66 bits per heavy atom. The first-order valence-corrected chi connectivity index (χ1v) is 15.5. The number of aryl methyl sites for hydroxylation is 1. The molecule has 8 nitrogen and oxygen atoms in total. The van der Waals surface area contributed by atoms with Gasteiger partial charge in [0.25, 0.3) is 0 Å². The van der Waals surface area contributed by atoms with E-state index in [9.17, 15) is 14.7 Å². The van der Waals surface area contributed by atoms with Crippen LogP contribution in [0.15, 0.2) is 36.5 Å². The van der Waals surface area contributed by atoms with Crippen LogP contribution in [0.1, 0.15) is 69.4 Å². The van der Waals surface area contributed by atoms with E-state index >= 15 is 0 Å².